The molecule has 1 fully saturated rings. The van der Waals surface area contributed by atoms with Crippen molar-refractivity contribution >= 4 is 0 Å². The summed E-state index contributed by atoms with van der Waals surface area (Å²) in [5.74, 6) is 1.74. The van der Waals surface area contributed by atoms with Gasteiger partial charge in [-0.2, -0.15) is 0 Å². The predicted octanol–water partition coefficient (Wildman–Crippen LogP) is 2.52. The molecule has 0 aromatic heterocycles. The molecule has 1 aliphatic rings. The van der Waals surface area contributed by atoms with E-state index in [9.17, 15) is 0 Å². The van der Waals surface area contributed by atoms with Gasteiger partial charge in [-0.25, -0.2) is 0 Å². The van der Waals surface area contributed by atoms with Gasteiger partial charge in [0.15, 0.2) is 0 Å². The van der Waals surface area contributed by atoms with Crippen LogP contribution in [0.3, 0.4) is 0 Å². The van der Waals surface area contributed by atoms with Gasteiger partial charge in [-0.05, 0) is 57.0 Å². The maximum absolute atomic E-state index is 5.24. The lowest BCUT2D eigenvalue weighted by atomic mass is 10.1. The number of ether oxygens (including phenoxy) is 1. The van der Waals surface area contributed by atoms with E-state index in [1.807, 2.05) is 12.1 Å². The van der Waals surface area contributed by atoms with Crippen molar-refractivity contribution in [3.63, 3.8) is 0 Å². The van der Waals surface area contributed by atoms with E-state index in [2.05, 4.69) is 36.2 Å². The average Bonchev–Trinajstić information content (AvgIpc) is 2.88. The number of nitrogens with zero attached hydrogens (tertiary/aromatic N) is 1. The molecule has 19 heavy (non-hydrogen) atoms. The van der Waals surface area contributed by atoms with Crippen LogP contribution < -0.4 is 10.1 Å². The Morgan fingerprint density at radius 2 is 2.26 bits per heavy atom. The fourth-order valence-corrected chi connectivity index (χ4v) is 2.70. The molecule has 1 aliphatic heterocycles. The number of likely N-dealkylation sites (tertiary alicyclic amines) is 1. The number of rotatable bonds is 6. The summed E-state index contributed by atoms with van der Waals surface area (Å²) < 4.78 is 5.24. The molecule has 1 atom stereocenters. The highest BCUT2D eigenvalue weighted by atomic mass is 16.5. The molecule has 3 heteroatoms. The lowest BCUT2D eigenvalue weighted by Crippen LogP contribution is -2.30. The Kier molecular flexibility index (Phi) is 5.23. The molecule has 1 N–H and O–H groups in total. The topological polar surface area (TPSA) is 24.5 Å². The highest BCUT2D eigenvalue weighted by Gasteiger charge is 2.23. The third kappa shape index (κ3) is 4.22. The van der Waals surface area contributed by atoms with Crippen molar-refractivity contribution in [2.45, 2.75) is 32.9 Å². The molecule has 0 saturated carbocycles. The van der Waals surface area contributed by atoms with Gasteiger partial charge in [0.25, 0.3) is 0 Å². The number of nitrogens with one attached hydrogen (secondary N) is 1. The monoisotopic (exact) mass is 262 g/mol. The Labute approximate surface area is 116 Å². The third-order valence-corrected chi connectivity index (χ3v) is 3.94. The van der Waals surface area contributed by atoms with E-state index in [1.54, 1.807) is 7.11 Å². The van der Waals surface area contributed by atoms with Gasteiger partial charge in [-0.3, -0.25) is 0 Å². The number of methoxy groups -OCH3 is 1. The second-order valence-corrected chi connectivity index (χ2v) is 5.73. The van der Waals surface area contributed by atoms with Crippen molar-refractivity contribution in [3.8, 4) is 5.75 Å². The highest BCUT2D eigenvalue weighted by molar-refractivity contribution is 5.28. The van der Waals surface area contributed by atoms with Crippen LogP contribution in [0.1, 0.15) is 25.8 Å². The van der Waals surface area contributed by atoms with Crippen LogP contribution in [0.15, 0.2) is 24.3 Å². The summed E-state index contributed by atoms with van der Waals surface area (Å²) in [6.07, 6.45) is 1.32. The van der Waals surface area contributed by atoms with E-state index in [-0.39, 0.29) is 0 Å². The minimum Gasteiger partial charge on any atom is -0.497 e. The maximum atomic E-state index is 5.24. The highest BCUT2D eigenvalue weighted by Crippen LogP contribution is 2.18. The van der Waals surface area contributed by atoms with Crippen LogP contribution >= 0.6 is 0 Å². The Morgan fingerprint density at radius 1 is 1.42 bits per heavy atom. The largest absolute Gasteiger partial charge is 0.497 e. The Morgan fingerprint density at radius 3 is 2.95 bits per heavy atom. The first-order valence-electron chi connectivity index (χ1n) is 7.26. The van der Waals surface area contributed by atoms with E-state index in [1.165, 1.54) is 25.1 Å². The maximum Gasteiger partial charge on any atom is 0.119 e. The van der Waals surface area contributed by atoms with Gasteiger partial charge in [0.1, 0.15) is 5.75 Å². The van der Waals surface area contributed by atoms with Gasteiger partial charge >= 0.3 is 0 Å². The first kappa shape index (κ1) is 14.4. The molecule has 0 amide bonds. The van der Waals surface area contributed by atoms with Gasteiger partial charge in [0.05, 0.1) is 7.11 Å². The van der Waals surface area contributed by atoms with E-state index in [4.69, 9.17) is 4.74 Å². The van der Waals surface area contributed by atoms with Crippen molar-refractivity contribution in [1.29, 1.82) is 0 Å². The van der Waals surface area contributed by atoms with Gasteiger partial charge < -0.3 is 15.0 Å². The fraction of sp³-hybridized carbons (Fsp3) is 0.625. The van der Waals surface area contributed by atoms with Gasteiger partial charge in [-0.15, -0.1) is 0 Å². The van der Waals surface area contributed by atoms with Crippen molar-refractivity contribution < 1.29 is 4.74 Å². The summed E-state index contributed by atoms with van der Waals surface area (Å²) in [5, 5.41) is 3.57. The lowest BCUT2D eigenvalue weighted by Gasteiger charge is -2.20. The average molecular weight is 262 g/mol. The molecule has 0 bridgehead atoms. The van der Waals surface area contributed by atoms with E-state index in [0.29, 0.717) is 6.04 Å². The Balaban J connectivity index is 1.72. The van der Waals surface area contributed by atoms with E-state index >= 15 is 0 Å². The summed E-state index contributed by atoms with van der Waals surface area (Å²) in [7, 11) is 1.71. The smallest absolute Gasteiger partial charge is 0.119 e. The number of hydrogen-bond donors (Lipinski definition) is 1. The molecule has 106 valence electrons. The lowest BCUT2D eigenvalue weighted by molar-refractivity contribution is 0.264. The van der Waals surface area contributed by atoms with E-state index < -0.39 is 0 Å². The summed E-state index contributed by atoms with van der Waals surface area (Å²) in [4.78, 5) is 2.57. The molecule has 2 rings (SSSR count). The van der Waals surface area contributed by atoms with Gasteiger partial charge in [-0.1, -0.05) is 12.1 Å². The normalized spacial score (nSPS) is 20.1. The summed E-state index contributed by atoms with van der Waals surface area (Å²) in [5.41, 5.74) is 1.29. The van der Waals surface area contributed by atoms with Crippen LogP contribution in [0.4, 0.5) is 0 Å². The van der Waals surface area contributed by atoms with Crippen molar-refractivity contribution in [3.05, 3.63) is 29.8 Å². The van der Waals surface area contributed by atoms with E-state index in [0.717, 1.165) is 24.8 Å². The van der Waals surface area contributed by atoms with Crippen LogP contribution in [-0.2, 0) is 6.54 Å². The number of benzene rings is 1. The van der Waals surface area contributed by atoms with Gasteiger partial charge in [0.2, 0.25) is 0 Å². The zero-order chi connectivity index (χ0) is 13.7. The zero-order valence-electron chi connectivity index (χ0n) is 12.4. The predicted molar refractivity (Wildman–Crippen MR) is 79.5 cm³/mol. The van der Waals surface area contributed by atoms with Gasteiger partial charge in [0, 0.05) is 19.1 Å². The van der Waals surface area contributed by atoms with Crippen LogP contribution in [0, 0.1) is 5.92 Å². The van der Waals surface area contributed by atoms with Crippen molar-refractivity contribution in [2.24, 2.45) is 5.92 Å². The Hall–Kier alpha value is -1.06. The molecule has 1 aromatic carbocycles. The fourth-order valence-electron chi connectivity index (χ4n) is 2.70. The zero-order valence-corrected chi connectivity index (χ0v) is 12.4. The molecule has 0 radical (unpaired) electrons. The SMILES string of the molecule is COc1cccc(CNCC2CCN(C(C)C)C2)c1. The first-order valence-corrected chi connectivity index (χ1v) is 7.26. The minimum absolute atomic E-state index is 0.684. The molecule has 0 aliphatic carbocycles. The standard InChI is InChI=1S/C16H26N2O/c1-13(2)18-8-7-15(12-18)11-17-10-14-5-4-6-16(9-14)19-3/h4-6,9,13,15,17H,7-8,10-12H2,1-3H3. The molecular weight excluding hydrogens is 236 g/mol. The van der Waals surface area contributed by atoms with Crippen molar-refractivity contribution in [2.75, 3.05) is 26.7 Å². The van der Waals surface area contributed by atoms with Crippen LogP contribution in [0.5, 0.6) is 5.75 Å². The molecule has 1 saturated heterocycles. The summed E-state index contributed by atoms with van der Waals surface area (Å²) in [6.45, 7) is 9.10. The minimum atomic E-state index is 0.684. The molecule has 0 spiro atoms. The number of hydrogen-bond acceptors (Lipinski definition) is 3. The Bertz CT molecular complexity index is 392. The molecule has 3 nitrogen and oxygen atoms in total. The second kappa shape index (κ2) is 6.92. The van der Waals surface area contributed by atoms with Crippen LogP contribution in [-0.4, -0.2) is 37.7 Å². The van der Waals surface area contributed by atoms with Crippen LogP contribution in [0.25, 0.3) is 0 Å². The van der Waals surface area contributed by atoms with Crippen LogP contribution in [0.2, 0.25) is 0 Å². The quantitative estimate of drug-likeness (QED) is 0.852. The second-order valence-electron chi connectivity index (χ2n) is 5.73. The third-order valence-electron chi connectivity index (χ3n) is 3.94. The molecular formula is C16H26N2O. The molecule has 1 heterocycles. The molecule has 1 aromatic rings. The summed E-state index contributed by atoms with van der Waals surface area (Å²) >= 11 is 0. The van der Waals surface area contributed by atoms with Crippen molar-refractivity contribution in [1.82, 2.24) is 10.2 Å². The summed E-state index contributed by atoms with van der Waals surface area (Å²) in [6, 6.07) is 8.96. The first-order chi connectivity index (χ1) is 9.19. The molecule has 1 unspecified atom stereocenters.